The third kappa shape index (κ3) is 6.91. The van der Waals surface area contributed by atoms with Crippen molar-refractivity contribution in [2.24, 2.45) is 5.73 Å². The molecule has 28 heavy (non-hydrogen) atoms. The first-order chi connectivity index (χ1) is 13.5. The van der Waals surface area contributed by atoms with Gasteiger partial charge in [-0.15, -0.1) is 0 Å². The third-order valence-corrected chi connectivity index (χ3v) is 3.74. The lowest BCUT2D eigenvalue weighted by atomic mass is 10.2. The van der Waals surface area contributed by atoms with Crippen LogP contribution in [-0.2, 0) is 25.7 Å². The Hall–Kier alpha value is -3.68. The maximum atomic E-state index is 12.0. The summed E-state index contributed by atoms with van der Waals surface area (Å²) in [7, 11) is 0. The largest absolute Gasteiger partial charge is 0.461 e. The minimum absolute atomic E-state index is 0.0479. The van der Waals surface area contributed by atoms with Gasteiger partial charge in [0, 0.05) is 5.56 Å². The zero-order valence-corrected chi connectivity index (χ0v) is 15.1. The second kappa shape index (κ2) is 10.5. The summed E-state index contributed by atoms with van der Waals surface area (Å²) in [5, 5.41) is 4.75. The normalized spacial score (nSPS) is 11.1. The summed E-state index contributed by atoms with van der Waals surface area (Å²) >= 11 is 0. The van der Waals surface area contributed by atoms with Crippen molar-refractivity contribution in [3.05, 3.63) is 71.8 Å². The van der Waals surface area contributed by atoms with Crippen LogP contribution >= 0.6 is 0 Å². The summed E-state index contributed by atoms with van der Waals surface area (Å²) in [6, 6.07) is 16.1. The number of ether oxygens (including phenoxy) is 1. The molecule has 0 heterocycles. The predicted octanol–water partition coefficient (Wildman–Crippen LogP) is 0.520. The Morgan fingerprint density at radius 1 is 0.929 bits per heavy atom. The highest BCUT2D eigenvalue weighted by Gasteiger charge is 2.22. The van der Waals surface area contributed by atoms with E-state index in [1.54, 1.807) is 54.6 Å². The number of primary amides is 1. The van der Waals surface area contributed by atoms with Crippen LogP contribution in [0, 0.1) is 0 Å². The van der Waals surface area contributed by atoms with Crippen LogP contribution < -0.4 is 16.4 Å². The summed E-state index contributed by atoms with van der Waals surface area (Å²) in [4.78, 5) is 47.3. The van der Waals surface area contributed by atoms with Gasteiger partial charge in [0.25, 0.3) is 5.91 Å². The molecule has 0 aliphatic rings. The van der Waals surface area contributed by atoms with E-state index >= 15 is 0 Å². The number of esters is 1. The van der Waals surface area contributed by atoms with Crippen LogP contribution in [-0.4, -0.2) is 36.3 Å². The van der Waals surface area contributed by atoms with Gasteiger partial charge in [-0.1, -0.05) is 48.5 Å². The zero-order valence-electron chi connectivity index (χ0n) is 15.1. The van der Waals surface area contributed by atoms with Crippen LogP contribution in [0.5, 0.6) is 0 Å². The standard InChI is InChI=1S/C20H21N3O5/c21-19(26)16(11-18(25)28-13-14-7-3-1-4-8-14)23-17(24)12-22-20(27)15-9-5-2-6-10-15/h1-10,16H,11-13H2,(H2,21,26)(H,22,27)(H,23,24)/t16-/m0/s1. The summed E-state index contributed by atoms with van der Waals surface area (Å²) in [6.45, 7) is -0.317. The highest BCUT2D eigenvalue weighted by molar-refractivity contribution is 5.97. The summed E-state index contributed by atoms with van der Waals surface area (Å²) in [5.41, 5.74) is 6.42. The predicted molar refractivity (Wildman–Crippen MR) is 101 cm³/mol. The highest BCUT2D eigenvalue weighted by atomic mass is 16.5. The van der Waals surface area contributed by atoms with E-state index in [1.807, 2.05) is 6.07 Å². The first kappa shape index (κ1) is 20.6. The number of nitrogens with two attached hydrogens (primary N) is 1. The van der Waals surface area contributed by atoms with Crippen molar-refractivity contribution >= 4 is 23.7 Å². The van der Waals surface area contributed by atoms with Crippen LogP contribution in [0.25, 0.3) is 0 Å². The molecule has 0 saturated carbocycles. The van der Waals surface area contributed by atoms with Gasteiger partial charge in [-0.3, -0.25) is 19.2 Å². The molecule has 2 rings (SSSR count). The van der Waals surface area contributed by atoms with E-state index in [4.69, 9.17) is 10.5 Å². The molecule has 146 valence electrons. The van der Waals surface area contributed by atoms with Gasteiger partial charge in [-0.05, 0) is 17.7 Å². The van der Waals surface area contributed by atoms with Crippen LogP contribution in [0.15, 0.2) is 60.7 Å². The first-order valence-corrected chi connectivity index (χ1v) is 8.57. The Morgan fingerprint density at radius 2 is 1.54 bits per heavy atom. The van der Waals surface area contributed by atoms with E-state index in [1.165, 1.54) is 0 Å². The molecule has 0 aliphatic carbocycles. The molecule has 1 atom stereocenters. The minimum Gasteiger partial charge on any atom is -0.461 e. The van der Waals surface area contributed by atoms with Gasteiger partial charge in [0.2, 0.25) is 11.8 Å². The van der Waals surface area contributed by atoms with Gasteiger partial charge in [0.1, 0.15) is 12.6 Å². The Bertz CT molecular complexity index is 824. The van der Waals surface area contributed by atoms with Crippen molar-refractivity contribution < 1.29 is 23.9 Å². The quantitative estimate of drug-likeness (QED) is 0.544. The van der Waals surface area contributed by atoms with Crippen LogP contribution in [0.4, 0.5) is 0 Å². The molecule has 8 nitrogen and oxygen atoms in total. The molecular weight excluding hydrogens is 362 g/mol. The molecule has 3 amide bonds. The van der Waals surface area contributed by atoms with Crippen molar-refractivity contribution in [2.45, 2.75) is 19.1 Å². The lowest BCUT2D eigenvalue weighted by molar-refractivity contribution is -0.147. The van der Waals surface area contributed by atoms with Gasteiger partial charge < -0.3 is 21.1 Å². The maximum absolute atomic E-state index is 12.0. The third-order valence-electron chi connectivity index (χ3n) is 3.74. The fourth-order valence-electron chi connectivity index (χ4n) is 2.28. The van der Waals surface area contributed by atoms with Gasteiger partial charge in [0.15, 0.2) is 0 Å². The Balaban J connectivity index is 1.79. The summed E-state index contributed by atoms with van der Waals surface area (Å²) in [6.07, 6.45) is -0.402. The average molecular weight is 383 g/mol. The number of carbonyl (C=O) groups is 4. The molecule has 8 heteroatoms. The minimum atomic E-state index is -1.23. The number of hydrogen-bond donors (Lipinski definition) is 3. The van der Waals surface area contributed by atoms with Crippen molar-refractivity contribution in [2.75, 3.05) is 6.54 Å². The smallest absolute Gasteiger partial charge is 0.308 e. The number of nitrogens with one attached hydrogen (secondary N) is 2. The molecule has 0 saturated heterocycles. The number of rotatable bonds is 9. The molecule has 0 fully saturated rings. The molecule has 0 radical (unpaired) electrons. The zero-order chi connectivity index (χ0) is 20.4. The van der Waals surface area contributed by atoms with E-state index in [0.29, 0.717) is 5.56 Å². The Morgan fingerprint density at radius 3 is 2.14 bits per heavy atom. The summed E-state index contributed by atoms with van der Waals surface area (Å²) < 4.78 is 5.08. The molecule has 2 aromatic carbocycles. The lowest BCUT2D eigenvalue weighted by Gasteiger charge is -2.15. The average Bonchev–Trinajstić information content (AvgIpc) is 2.71. The monoisotopic (exact) mass is 383 g/mol. The molecule has 0 bridgehead atoms. The molecular formula is C20H21N3O5. The highest BCUT2D eigenvalue weighted by Crippen LogP contribution is 2.03. The van der Waals surface area contributed by atoms with Crippen molar-refractivity contribution in [3.63, 3.8) is 0 Å². The second-order valence-corrected chi connectivity index (χ2v) is 5.92. The molecule has 0 unspecified atom stereocenters. The fraction of sp³-hybridized carbons (Fsp3) is 0.200. The molecule has 2 aromatic rings. The molecule has 0 aromatic heterocycles. The van der Waals surface area contributed by atoms with Crippen molar-refractivity contribution in [1.29, 1.82) is 0 Å². The second-order valence-electron chi connectivity index (χ2n) is 5.92. The molecule has 4 N–H and O–H groups in total. The van der Waals surface area contributed by atoms with Crippen molar-refractivity contribution in [1.82, 2.24) is 10.6 Å². The SMILES string of the molecule is NC(=O)[C@H](CC(=O)OCc1ccccc1)NC(=O)CNC(=O)c1ccccc1. The number of hydrogen-bond acceptors (Lipinski definition) is 5. The van der Waals surface area contributed by atoms with Gasteiger partial charge >= 0.3 is 5.97 Å². The van der Waals surface area contributed by atoms with E-state index < -0.39 is 36.2 Å². The first-order valence-electron chi connectivity index (χ1n) is 8.57. The van der Waals surface area contributed by atoms with E-state index in [0.717, 1.165) is 5.56 Å². The van der Waals surface area contributed by atoms with Gasteiger partial charge in [0.05, 0.1) is 13.0 Å². The fourth-order valence-corrected chi connectivity index (χ4v) is 2.28. The topological polar surface area (TPSA) is 128 Å². The van der Waals surface area contributed by atoms with E-state index in [2.05, 4.69) is 10.6 Å². The van der Waals surface area contributed by atoms with E-state index in [-0.39, 0.29) is 13.2 Å². The van der Waals surface area contributed by atoms with Crippen molar-refractivity contribution in [3.8, 4) is 0 Å². The molecule has 0 aliphatic heterocycles. The van der Waals surface area contributed by atoms with Crippen LogP contribution in [0.3, 0.4) is 0 Å². The Labute approximate surface area is 162 Å². The maximum Gasteiger partial charge on any atom is 0.308 e. The van der Waals surface area contributed by atoms with E-state index in [9.17, 15) is 19.2 Å². The number of amides is 3. The molecule has 0 spiro atoms. The number of benzene rings is 2. The van der Waals surface area contributed by atoms with Crippen LogP contribution in [0.2, 0.25) is 0 Å². The number of carbonyl (C=O) groups excluding carboxylic acids is 4. The van der Waals surface area contributed by atoms with Crippen LogP contribution in [0.1, 0.15) is 22.3 Å². The van der Waals surface area contributed by atoms with Gasteiger partial charge in [-0.25, -0.2) is 0 Å². The summed E-state index contributed by atoms with van der Waals surface area (Å²) in [5.74, 6) is -2.64. The lowest BCUT2D eigenvalue weighted by Crippen LogP contribution is -2.49. The van der Waals surface area contributed by atoms with Gasteiger partial charge in [-0.2, -0.15) is 0 Å². The Kier molecular flexibility index (Phi) is 7.71.